The second-order valence-corrected chi connectivity index (χ2v) is 6.81. The summed E-state index contributed by atoms with van der Waals surface area (Å²) in [5.74, 6) is -0.374. The van der Waals surface area contributed by atoms with Crippen LogP contribution < -0.4 is 0 Å². The highest BCUT2D eigenvalue weighted by molar-refractivity contribution is 7.09. The maximum Gasteiger partial charge on any atom is 0.341 e. The van der Waals surface area contributed by atoms with E-state index in [0.717, 1.165) is 27.4 Å². The van der Waals surface area contributed by atoms with Crippen LogP contribution in [0.5, 0.6) is 0 Å². The lowest BCUT2D eigenvalue weighted by Gasteiger charge is -2.02. The summed E-state index contributed by atoms with van der Waals surface area (Å²) in [7, 11) is 0. The van der Waals surface area contributed by atoms with E-state index in [-0.39, 0.29) is 5.97 Å². The number of benzene rings is 1. The number of nitrogens with zero attached hydrogens (tertiary/aromatic N) is 4. The van der Waals surface area contributed by atoms with E-state index >= 15 is 0 Å². The number of esters is 1. The van der Waals surface area contributed by atoms with Crippen molar-refractivity contribution in [3.05, 3.63) is 63.7 Å². The maximum absolute atomic E-state index is 11.7. The zero-order valence-corrected chi connectivity index (χ0v) is 15.9. The predicted octanol–water partition coefficient (Wildman–Crippen LogP) is 4.08. The highest BCUT2D eigenvalue weighted by Crippen LogP contribution is 2.25. The minimum atomic E-state index is -0.374. The summed E-state index contributed by atoms with van der Waals surface area (Å²) in [4.78, 5) is 16.4. The molecular weight excluding hydrogens is 360 g/mol. The summed E-state index contributed by atoms with van der Waals surface area (Å²) in [5, 5.41) is 15.8. The van der Waals surface area contributed by atoms with E-state index < -0.39 is 0 Å². The highest BCUT2D eigenvalue weighted by Gasteiger charge is 2.11. The Morgan fingerprint density at radius 1 is 1.41 bits per heavy atom. The Morgan fingerprint density at radius 3 is 3.04 bits per heavy atom. The molecule has 0 aliphatic rings. The van der Waals surface area contributed by atoms with E-state index in [9.17, 15) is 4.79 Å². The van der Waals surface area contributed by atoms with Crippen LogP contribution in [0.2, 0.25) is 0 Å². The lowest BCUT2D eigenvalue weighted by atomic mass is 10.0. The van der Waals surface area contributed by atoms with Crippen LogP contribution in [0.3, 0.4) is 0 Å². The molecule has 0 bridgehead atoms. The van der Waals surface area contributed by atoms with E-state index in [2.05, 4.69) is 16.1 Å². The first-order valence-corrected chi connectivity index (χ1v) is 9.29. The molecule has 0 unspecified atom stereocenters. The van der Waals surface area contributed by atoms with Crippen LogP contribution in [-0.4, -0.2) is 27.3 Å². The highest BCUT2D eigenvalue weighted by atomic mass is 32.1. The molecule has 27 heavy (non-hydrogen) atoms. The van der Waals surface area contributed by atoms with Crippen LogP contribution in [0.1, 0.15) is 33.4 Å². The van der Waals surface area contributed by atoms with Gasteiger partial charge in [-0.15, -0.1) is 11.3 Å². The second kappa shape index (κ2) is 8.43. The fraction of sp³-hybridized carbons (Fsp3) is 0.200. The van der Waals surface area contributed by atoms with E-state index in [1.165, 1.54) is 23.6 Å². The first-order chi connectivity index (χ1) is 13.1. The largest absolute Gasteiger partial charge is 0.462 e. The monoisotopic (exact) mass is 378 g/mol. The molecule has 0 fully saturated rings. The Morgan fingerprint density at radius 2 is 2.26 bits per heavy atom. The van der Waals surface area contributed by atoms with Crippen LogP contribution in [0.4, 0.5) is 0 Å². The fourth-order valence-electron chi connectivity index (χ4n) is 2.61. The molecule has 0 N–H and O–H groups in total. The molecule has 0 atom stereocenters. The van der Waals surface area contributed by atoms with E-state index in [1.54, 1.807) is 23.9 Å². The number of thiazole rings is 1. The third kappa shape index (κ3) is 4.68. The number of carbonyl (C=O) groups is 1. The van der Waals surface area contributed by atoms with Gasteiger partial charge < -0.3 is 4.74 Å². The van der Waals surface area contributed by atoms with Crippen molar-refractivity contribution in [3.8, 4) is 17.3 Å². The minimum Gasteiger partial charge on any atom is -0.462 e. The SMILES string of the molecule is CCOC(=O)c1cnn(Cc2nc(-c3cc(C)cc(C=CC#N)c3)cs2)c1. The molecule has 1 aromatic carbocycles. The van der Waals surface area contributed by atoms with Gasteiger partial charge in [0.05, 0.1) is 36.7 Å². The number of nitriles is 1. The lowest BCUT2D eigenvalue weighted by Crippen LogP contribution is -2.04. The smallest absolute Gasteiger partial charge is 0.341 e. The van der Waals surface area contributed by atoms with Crippen molar-refractivity contribution in [2.24, 2.45) is 0 Å². The van der Waals surface area contributed by atoms with Crippen molar-refractivity contribution in [1.82, 2.24) is 14.8 Å². The number of ether oxygens (including phenoxy) is 1. The molecular formula is C20H18N4O2S. The van der Waals surface area contributed by atoms with Crippen LogP contribution in [0, 0.1) is 18.3 Å². The zero-order chi connectivity index (χ0) is 19.2. The molecule has 0 spiro atoms. The Hall–Kier alpha value is -3.24. The van der Waals surface area contributed by atoms with Gasteiger partial charge in [-0.05, 0) is 43.2 Å². The number of hydrogen-bond acceptors (Lipinski definition) is 6. The van der Waals surface area contributed by atoms with E-state index in [0.29, 0.717) is 18.7 Å². The van der Waals surface area contributed by atoms with Gasteiger partial charge in [-0.3, -0.25) is 4.68 Å². The quantitative estimate of drug-likeness (QED) is 0.477. The summed E-state index contributed by atoms with van der Waals surface area (Å²) < 4.78 is 6.65. The van der Waals surface area contributed by atoms with Gasteiger partial charge in [0.25, 0.3) is 0 Å². The van der Waals surface area contributed by atoms with Crippen molar-refractivity contribution < 1.29 is 9.53 Å². The molecule has 3 aromatic rings. The first-order valence-electron chi connectivity index (χ1n) is 8.41. The molecule has 3 rings (SSSR count). The van der Waals surface area contributed by atoms with Crippen molar-refractivity contribution in [3.63, 3.8) is 0 Å². The first kappa shape index (κ1) is 18.5. The predicted molar refractivity (Wildman–Crippen MR) is 104 cm³/mol. The number of rotatable bonds is 6. The normalized spacial score (nSPS) is 10.9. The Balaban J connectivity index is 1.78. The number of allylic oxidation sites excluding steroid dienone is 1. The molecule has 6 nitrogen and oxygen atoms in total. The summed E-state index contributed by atoms with van der Waals surface area (Å²) in [5.41, 5.74) is 4.38. The van der Waals surface area contributed by atoms with Crippen LogP contribution in [0.15, 0.2) is 42.0 Å². The third-order valence-corrected chi connectivity index (χ3v) is 4.57. The standard InChI is InChI=1S/C20H18N4O2S/c1-3-26-20(25)17-10-22-24(11-17)12-19-23-18(13-27-19)16-8-14(2)7-15(9-16)5-4-6-21/h4-5,7-11,13H,3,12H2,1-2H3. The van der Waals surface area contributed by atoms with E-state index in [1.807, 2.05) is 30.5 Å². The minimum absolute atomic E-state index is 0.335. The van der Waals surface area contributed by atoms with Gasteiger partial charge in [-0.1, -0.05) is 6.07 Å². The molecule has 0 radical (unpaired) electrons. The Bertz CT molecular complexity index is 1030. The van der Waals surface area contributed by atoms with Crippen molar-refractivity contribution in [2.75, 3.05) is 6.61 Å². The molecule has 0 saturated heterocycles. The molecule has 136 valence electrons. The number of carbonyl (C=O) groups excluding carboxylic acids is 1. The number of hydrogen-bond donors (Lipinski definition) is 0. The van der Waals surface area contributed by atoms with Gasteiger partial charge in [0.2, 0.25) is 0 Å². The maximum atomic E-state index is 11.7. The average Bonchev–Trinajstić information content (AvgIpc) is 3.30. The molecule has 2 aromatic heterocycles. The molecule has 0 aliphatic heterocycles. The molecule has 7 heteroatoms. The van der Waals surface area contributed by atoms with Crippen molar-refractivity contribution >= 4 is 23.4 Å². The summed E-state index contributed by atoms with van der Waals surface area (Å²) in [6.45, 7) is 4.60. The average molecular weight is 378 g/mol. The topological polar surface area (TPSA) is 80.8 Å². The van der Waals surface area contributed by atoms with Gasteiger partial charge in [0.15, 0.2) is 0 Å². The zero-order valence-electron chi connectivity index (χ0n) is 15.0. The summed E-state index contributed by atoms with van der Waals surface area (Å²) in [6.07, 6.45) is 6.41. The van der Waals surface area contributed by atoms with Gasteiger partial charge in [0.1, 0.15) is 5.01 Å². The van der Waals surface area contributed by atoms with E-state index in [4.69, 9.17) is 10.00 Å². The van der Waals surface area contributed by atoms with Gasteiger partial charge in [-0.25, -0.2) is 9.78 Å². The van der Waals surface area contributed by atoms with Gasteiger partial charge in [0, 0.05) is 23.2 Å². The second-order valence-electron chi connectivity index (χ2n) is 5.87. The van der Waals surface area contributed by atoms with Crippen LogP contribution in [0.25, 0.3) is 17.3 Å². The molecule has 0 saturated carbocycles. The Labute approximate surface area is 161 Å². The number of aromatic nitrogens is 3. The van der Waals surface area contributed by atoms with Crippen LogP contribution >= 0.6 is 11.3 Å². The lowest BCUT2D eigenvalue weighted by molar-refractivity contribution is 0.0526. The van der Waals surface area contributed by atoms with Crippen molar-refractivity contribution in [1.29, 1.82) is 5.26 Å². The molecule has 2 heterocycles. The van der Waals surface area contributed by atoms with Gasteiger partial charge >= 0.3 is 5.97 Å². The fourth-order valence-corrected chi connectivity index (χ4v) is 3.41. The molecule has 0 aliphatic carbocycles. The van der Waals surface area contributed by atoms with Crippen molar-refractivity contribution in [2.45, 2.75) is 20.4 Å². The summed E-state index contributed by atoms with van der Waals surface area (Å²) in [6, 6.07) is 8.10. The molecule has 0 amide bonds. The van der Waals surface area contributed by atoms with Crippen LogP contribution in [-0.2, 0) is 11.3 Å². The third-order valence-electron chi connectivity index (χ3n) is 3.74. The Kier molecular flexibility index (Phi) is 5.79. The summed E-state index contributed by atoms with van der Waals surface area (Å²) >= 11 is 1.54. The van der Waals surface area contributed by atoms with Gasteiger partial charge in [-0.2, -0.15) is 10.4 Å². The number of aryl methyl sites for hydroxylation is 1.